The number of urea groups is 1. The highest BCUT2D eigenvalue weighted by molar-refractivity contribution is 7.93. The fraction of sp³-hybridized carbons (Fsp3) is 0.308. The van der Waals surface area contributed by atoms with E-state index in [4.69, 9.17) is 4.74 Å². The second-order valence-electron chi connectivity index (χ2n) is 8.58. The molecule has 4 rings (SSSR count). The van der Waals surface area contributed by atoms with Crippen molar-refractivity contribution >= 4 is 44.5 Å². The first kappa shape index (κ1) is 26.9. The van der Waals surface area contributed by atoms with E-state index in [2.05, 4.69) is 15.0 Å². The van der Waals surface area contributed by atoms with Crippen molar-refractivity contribution in [3.8, 4) is 0 Å². The minimum Gasteiger partial charge on any atom is -0.466 e. The summed E-state index contributed by atoms with van der Waals surface area (Å²) >= 11 is 0. The third kappa shape index (κ3) is 6.38. The summed E-state index contributed by atoms with van der Waals surface area (Å²) in [6, 6.07) is 14.4. The smallest absolute Gasteiger partial charge is 0.317 e. The highest BCUT2D eigenvalue weighted by Crippen LogP contribution is 2.23. The largest absolute Gasteiger partial charge is 0.466 e. The fourth-order valence-corrected chi connectivity index (χ4v) is 5.33. The van der Waals surface area contributed by atoms with Crippen LogP contribution in [-0.4, -0.2) is 80.4 Å². The van der Waals surface area contributed by atoms with Gasteiger partial charge in [0.1, 0.15) is 4.90 Å². The number of sulfonamides is 1. The summed E-state index contributed by atoms with van der Waals surface area (Å²) in [6.07, 6.45) is 1.64. The molecule has 11 nitrogen and oxygen atoms in total. The molecule has 1 aliphatic rings. The average Bonchev–Trinajstić information content (AvgIpc) is 2.92. The number of hydrogen-bond donors (Lipinski definition) is 2. The Morgan fingerprint density at radius 2 is 1.63 bits per heavy atom. The van der Waals surface area contributed by atoms with E-state index < -0.39 is 10.0 Å². The number of piperazine rings is 1. The lowest BCUT2D eigenvalue weighted by Gasteiger charge is -2.34. The third-order valence-electron chi connectivity index (χ3n) is 6.03. The van der Waals surface area contributed by atoms with Crippen molar-refractivity contribution in [2.45, 2.75) is 18.2 Å². The van der Waals surface area contributed by atoms with Gasteiger partial charge < -0.3 is 19.9 Å². The van der Waals surface area contributed by atoms with Crippen molar-refractivity contribution in [2.75, 3.05) is 44.1 Å². The molecular formula is C26H29N5O6S. The van der Waals surface area contributed by atoms with Crippen molar-refractivity contribution in [3.05, 3.63) is 66.4 Å². The maximum Gasteiger partial charge on any atom is 0.317 e. The Morgan fingerprint density at radius 1 is 0.947 bits per heavy atom. The number of fused-ring (bicyclic) bond motifs is 1. The summed E-state index contributed by atoms with van der Waals surface area (Å²) in [5.74, 6) is -0.576. The first-order chi connectivity index (χ1) is 18.3. The number of aromatic nitrogens is 1. The van der Waals surface area contributed by atoms with Crippen molar-refractivity contribution in [3.63, 3.8) is 0 Å². The molecule has 0 unspecified atom stereocenters. The van der Waals surface area contributed by atoms with Gasteiger partial charge in [-0.05, 0) is 43.3 Å². The maximum absolute atomic E-state index is 13.0. The summed E-state index contributed by atoms with van der Waals surface area (Å²) in [5.41, 5.74) is 1.10. The van der Waals surface area contributed by atoms with Gasteiger partial charge in [-0.1, -0.05) is 18.2 Å². The maximum atomic E-state index is 13.0. The van der Waals surface area contributed by atoms with Gasteiger partial charge in [0, 0.05) is 55.6 Å². The van der Waals surface area contributed by atoms with E-state index in [1.807, 2.05) is 0 Å². The van der Waals surface area contributed by atoms with Gasteiger partial charge in [0.2, 0.25) is 0 Å². The molecule has 1 fully saturated rings. The van der Waals surface area contributed by atoms with E-state index in [0.717, 1.165) is 0 Å². The molecule has 12 heteroatoms. The Labute approximate surface area is 220 Å². The normalized spacial score (nSPS) is 13.7. The van der Waals surface area contributed by atoms with E-state index in [1.54, 1.807) is 59.3 Å². The van der Waals surface area contributed by atoms with E-state index in [1.165, 1.54) is 18.2 Å². The number of pyridine rings is 1. The highest BCUT2D eigenvalue weighted by atomic mass is 32.2. The SMILES string of the molecule is CCOC(=O)CCNC(=O)N1CCN(C(=O)c2ccc(NS(=O)(=O)c3cccc4cccnc34)cc2)CC1. The summed E-state index contributed by atoms with van der Waals surface area (Å²) in [4.78, 5) is 44.2. The zero-order valence-electron chi connectivity index (χ0n) is 20.9. The van der Waals surface area contributed by atoms with Crippen LogP contribution in [0.1, 0.15) is 23.7 Å². The minimum absolute atomic E-state index is 0.0681. The van der Waals surface area contributed by atoms with Gasteiger partial charge in [-0.25, -0.2) is 13.2 Å². The molecule has 200 valence electrons. The number of rotatable bonds is 8. The van der Waals surface area contributed by atoms with Gasteiger partial charge in [-0.3, -0.25) is 19.3 Å². The molecule has 0 spiro atoms. The van der Waals surface area contributed by atoms with Crippen LogP contribution in [0.4, 0.5) is 10.5 Å². The molecule has 2 aromatic carbocycles. The summed E-state index contributed by atoms with van der Waals surface area (Å²) < 4.78 is 33.4. The Morgan fingerprint density at radius 3 is 2.34 bits per heavy atom. The average molecular weight is 540 g/mol. The van der Waals surface area contributed by atoms with Crippen LogP contribution in [0.5, 0.6) is 0 Å². The van der Waals surface area contributed by atoms with Crippen LogP contribution in [0, 0.1) is 0 Å². The molecule has 1 aromatic heterocycles. The molecule has 0 aliphatic carbocycles. The number of carbonyl (C=O) groups is 3. The van der Waals surface area contributed by atoms with Gasteiger partial charge in [-0.2, -0.15) is 0 Å². The number of carbonyl (C=O) groups excluding carboxylic acids is 3. The minimum atomic E-state index is -3.90. The monoisotopic (exact) mass is 539 g/mol. The lowest BCUT2D eigenvalue weighted by Crippen LogP contribution is -2.53. The van der Waals surface area contributed by atoms with Crippen LogP contribution in [-0.2, 0) is 19.6 Å². The number of hydrogen-bond acceptors (Lipinski definition) is 7. The van der Waals surface area contributed by atoms with Crippen LogP contribution >= 0.6 is 0 Å². The number of nitrogens with one attached hydrogen (secondary N) is 2. The van der Waals surface area contributed by atoms with Crippen LogP contribution in [0.25, 0.3) is 10.9 Å². The molecule has 0 saturated carbocycles. The molecular weight excluding hydrogens is 510 g/mol. The number of ether oxygens (including phenoxy) is 1. The molecule has 3 aromatic rings. The van der Waals surface area contributed by atoms with E-state index >= 15 is 0 Å². The van der Waals surface area contributed by atoms with Crippen molar-refractivity contribution < 1.29 is 27.5 Å². The molecule has 38 heavy (non-hydrogen) atoms. The Bertz CT molecular complexity index is 1410. The molecule has 2 heterocycles. The number of anilines is 1. The molecule has 3 amide bonds. The zero-order valence-corrected chi connectivity index (χ0v) is 21.7. The lowest BCUT2D eigenvalue weighted by molar-refractivity contribution is -0.142. The van der Waals surface area contributed by atoms with E-state index in [0.29, 0.717) is 54.9 Å². The van der Waals surface area contributed by atoms with Gasteiger partial charge in [-0.15, -0.1) is 0 Å². The Hall–Kier alpha value is -4.19. The van der Waals surface area contributed by atoms with Crippen LogP contribution in [0.3, 0.4) is 0 Å². The Kier molecular flexibility index (Phi) is 8.41. The van der Waals surface area contributed by atoms with Crippen molar-refractivity contribution in [1.82, 2.24) is 20.1 Å². The Balaban J connectivity index is 1.31. The predicted molar refractivity (Wildman–Crippen MR) is 141 cm³/mol. The standard InChI is InChI=1S/C26H29N5O6S/c1-2-37-23(32)12-14-28-26(34)31-17-15-30(16-18-31)25(33)20-8-10-21(11-9-20)29-38(35,36)22-7-3-5-19-6-4-13-27-24(19)22/h3-11,13,29H,2,12,14-18H2,1H3,(H,28,34). The number of nitrogens with zero attached hydrogens (tertiary/aromatic N) is 3. The van der Waals surface area contributed by atoms with Gasteiger partial charge in [0.25, 0.3) is 15.9 Å². The van der Waals surface area contributed by atoms with Crippen molar-refractivity contribution in [1.29, 1.82) is 0 Å². The topological polar surface area (TPSA) is 138 Å². The second-order valence-corrected chi connectivity index (χ2v) is 10.2. The van der Waals surface area contributed by atoms with E-state index in [-0.39, 0.29) is 35.8 Å². The molecule has 1 saturated heterocycles. The van der Waals surface area contributed by atoms with Crippen LogP contribution in [0.2, 0.25) is 0 Å². The van der Waals surface area contributed by atoms with Gasteiger partial charge in [0.15, 0.2) is 0 Å². The van der Waals surface area contributed by atoms with Crippen LogP contribution in [0.15, 0.2) is 65.7 Å². The summed E-state index contributed by atoms with van der Waals surface area (Å²) in [5, 5.41) is 3.40. The van der Waals surface area contributed by atoms with Gasteiger partial charge in [0.05, 0.1) is 18.5 Å². The number of para-hydroxylation sites is 1. The number of amides is 3. The lowest BCUT2D eigenvalue weighted by atomic mass is 10.1. The number of esters is 1. The number of benzene rings is 2. The highest BCUT2D eigenvalue weighted by Gasteiger charge is 2.25. The first-order valence-electron chi connectivity index (χ1n) is 12.2. The van der Waals surface area contributed by atoms with Crippen molar-refractivity contribution in [2.24, 2.45) is 0 Å². The molecule has 1 aliphatic heterocycles. The quantitative estimate of drug-likeness (QED) is 0.420. The summed E-state index contributed by atoms with van der Waals surface area (Å²) in [7, 11) is -3.90. The molecule has 2 N–H and O–H groups in total. The van der Waals surface area contributed by atoms with Crippen LogP contribution < -0.4 is 10.0 Å². The van der Waals surface area contributed by atoms with Gasteiger partial charge >= 0.3 is 12.0 Å². The fourth-order valence-electron chi connectivity index (χ4n) is 4.10. The second kappa shape index (κ2) is 11.9. The molecule has 0 radical (unpaired) electrons. The molecule has 0 bridgehead atoms. The predicted octanol–water partition coefficient (Wildman–Crippen LogP) is 2.46. The summed E-state index contributed by atoms with van der Waals surface area (Å²) in [6.45, 7) is 3.62. The van der Waals surface area contributed by atoms with E-state index in [9.17, 15) is 22.8 Å². The molecule has 0 atom stereocenters. The third-order valence-corrected chi connectivity index (χ3v) is 7.45. The first-order valence-corrected chi connectivity index (χ1v) is 13.7. The zero-order chi connectivity index (χ0) is 27.1.